The summed E-state index contributed by atoms with van der Waals surface area (Å²) in [6, 6.07) is 5.62. The highest BCUT2D eigenvalue weighted by atomic mass is 35.5. The van der Waals surface area contributed by atoms with Gasteiger partial charge in [-0.1, -0.05) is 11.6 Å². The standard InChI is InChI=1S/C25H34ClN4O4/c1-3-29-22-12-21(26)24(34-8-4-7-28-16-19(31)11-20(17-28)32-2)13-23(22)30(25(29)14-27)15-18-5-9-33-10-6-18/h11-13,16-18H,3-10,14-15,27H2,1-2H3/q+1/p+1. The van der Waals surface area contributed by atoms with E-state index in [9.17, 15) is 5.11 Å². The monoisotopic (exact) mass is 490 g/mol. The second-order valence-electron chi connectivity index (χ2n) is 8.68. The van der Waals surface area contributed by atoms with Crippen LogP contribution in [0, 0.1) is 5.92 Å². The third-order valence-electron chi connectivity index (χ3n) is 6.45. The minimum absolute atomic E-state index is 0.166. The predicted molar refractivity (Wildman–Crippen MR) is 129 cm³/mol. The molecule has 1 fully saturated rings. The Balaban J connectivity index is 1.53. The van der Waals surface area contributed by atoms with Crippen molar-refractivity contribution >= 4 is 22.6 Å². The lowest BCUT2D eigenvalue weighted by atomic mass is 10.0. The summed E-state index contributed by atoms with van der Waals surface area (Å²) in [5, 5.41) is 10.4. The van der Waals surface area contributed by atoms with Gasteiger partial charge in [-0.2, -0.15) is 4.57 Å². The van der Waals surface area contributed by atoms with Gasteiger partial charge < -0.3 is 25.1 Å². The van der Waals surface area contributed by atoms with Gasteiger partial charge in [-0.15, -0.1) is 0 Å². The van der Waals surface area contributed by atoms with Crippen molar-refractivity contribution in [3.63, 3.8) is 0 Å². The molecule has 4 rings (SSSR count). The van der Waals surface area contributed by atoms with Crippen molar-refractivity contribution < 1.29 is 28.5 Å². The molecule has 0 spiro atoms. The van der Waals surface area contributed by atoms with Crippen LogP contribution in [0.2, 0.25) is 5.02 Å². The minimum atomic E-state index is 0.166. The second kappa shape index (κ2) is 11.3. The first-order valence-corrected chi connectivity index (χ1v) is 12.3. The summed E-state index contributed by atoms with van der Waals surface area (Å²) >= 11 is 6.63. The maximum atomic E-state index is 9.84. The number of benzene rings is 1. The molecule has 3 aromatic rings. The zero-order valence-corrected chi connectivity index (χ0v) is 20.8. The maximum absolute atomic E-state index is 9.84. The molecule has 8 nitrogen and oxygen atoms in total. The Labute approximate surface area is 205 Å². The van der Waals surface area contributed by atoms with Crippen molar-refractivity contribution in [2.24, 2.45) is 11.7 Å². The molecule has 9 heteroatoms. The molecule has 0 unspecified atom stereocenters. The number of halogens is 1. The van der Waals surface area contributed by atoms with Crippen molar-refractivity contribution in [2.75, 3.05) is 26.9 Å². The van der Waals surface area contributed by atoms with Gasteiger partial charge >= 0.3 is 0 Å². The fraction of sp³-hybridized carbons (Fsp3) is 0.520. The summed E-state index contributed by atoms with van der Waals surface area (Å²) in [6.45, 7) is 7.14. The molecule has 3 heterocycles. The first kappa shape index (κ1) is 24.6. The topological polar surface area (TPSA) is 86.6 Å². The van der Waals surface area contributed by atoms with Crippen molar-refractivity contribution in [3.05, 3.63) is 41.4 Å². The van der Waals surface area contributed by atoms with Crippen LogP contribution < -0.4 is 24.3 Å². The number of ether oxygens (including phenoxy) is 3. The third kappa shape index (κ3) is 5.40. The fourth-order valence-electron chi connectivity index (χ4n) is 4.72. The molecule has 2 aromatic heterocycles. The molecule has 0 amide bonds. The molecule has 0 aliphatic carbocycles. The van der Waals surface area contributed by atoms with Crippen molar-refractivity contribution in [1.29, 1.82) is 0 Å². The van der Waals surface area contributed by atoms with E-state index in [0.717, 1.165) is 62.4 Å². The lowest BCUT2D eigenvalue weighted by Gasteiger charge is -2.21. The highest BCUT2D eigenvalue weighted by molar-refractivity contribution is 6.32. The van der Waals surface area contributed by atoms with Crippen LogP contribution in [0.4, 0.5) is 0 Å². The zero-order chi connectivity index (χ0) is 24.1. The van der Waals surface area contributed by atoms with E-state index in [0.29, 0.717) is 42.1 Å². The van der Waals surface area contributed by atoms with E-state index in [2.05, 4.69) is 16.1 Å². The Kier molecular flexibility index (Phi) is 8.13. The van der Waals surface area contributed by atoms with Crippen molar-refractivity contribution in [2.45, 2.75) is 52.4 Å². The quantitative estimate of drug-likeness (QED) is 0.337. The summed E-state index contributed by atoms with van der Waals surface area (Å²) in [6.07, 6.45) is 6.38. The lowest BCUT2D eigenvalue weighted by molar-refractivity contribution is -0.698. The average Bonchev–Trinajstić information content (AvgIpc) is 3.13. The number of methoxy groups -OCH3 is 1. The Hall–Kier alpha value is -2.55. The molecular formula is C25H35ClN4O4+2. The normalized spacial score (nSPS) is 14.6. The maximum Gasteiger partial charge on any atom is 0.271 e. The largest absolute Gasteiger partial charge is 0.503 e. The Morgan fingerprint density at radius 1 is 1.24 bits per heavy atom. The highest BCUT2D eigenvalue weighted by Crippen LogP contribution is 2.31. The number of aromatic nitrogens is 3. The van der Waals surface area contributed by atoms with Crippen LogP contribution in [0.3, 0.4) is 0 Å². The number of fused-ring (bicyclic) bond motifs is 1. The van der Waals surface area contributed by atoms with Crippen LogP contribution in [0.15, 0.2) is 30.6 Å². The van der Waals surface area contributed by atoms with E-state index in [4.69, 9.17) is 31.5 Å². The van der Waals surface area contributed by atoms with Gasteiger partial charge in [0.2, 0.25) is 12.4 Å². The van der Waals surface area contributed by atoms with E-state index in [-0.39, 0.29) is 5.75 Å². The number of imidazole rings is 1. The van der Waals surface area contributed by atoms with Gasteiger partial charge in [-0.25, -0.2) is 9.13 Å². The molecular weight excluding hydrogens is 456 g/mol. The molecule has 3 N–H and O–H groups in total. The van der Waals surface area contributed by atoms with Crippen LogP contribution in [0.1, 0.15) is 32.0 Å². The van der Waals surface area contributed by atoms with Crippen molar-refractivity contribution in [1.82, 2.24) is 4.57 Å². The van der Waals surface area contributed by atoms with Crippen molar-refractivity contribution in [3.8, 4) is 17.2 Å². The number of hydrogen-bond donors (Lipinski definition) is 2. The summed E-state index contributed by atoms with van der Waals surface area (Å²) in [5.41, 5.74) is 8.37. The molecule has 1 saturated heterocycles. The molecule has 0 atom stereocenters. The molecule has 34 heavy (non-hydrogen) atoms. The number of aryl methyl sites for hydroxylation is 2. The number of nitrogens with zero attached hydrogens (tertiary/aromatic N) is 3. The van der Waals surface area contributed by atoms with E-state index < -0.39 is 0 Å². The number of rotatable bonds is 10. The van der Waals surface area contributed by atoms with Crippen LogP contribution >= 0.6 is 11.6 Å². The van der Waals surface area contributed by atoms with Gasteiger partial charge in [0, 0.05) is 43.8 Å². The van der Waals surface area contributed by atoms with E-state index >= 15 is 0 Å². The Morgan fingerprint density at radius 2 is 2.03 bits per heavy atom. The molecule has 1 aromatic carbocycles. The molecule has 184 valence electrons. The Bertz CT molecular complexity index is 1130. The zero-order valence-electron chi connectivity index (χ0n) is 20.0. The predicted octanol–water partition coefficient (Wildman–Crippen LogP) is 2.96. The molecule has 0 saturated carbocycles. The first-order chi connectivity index (χ1) is 16.5. The smallest absolute Gasteiger partial charge is 0.271 e. The summed E-state index contributed by atoms with van der Waals surface area (Å²) in [7, 11) is 1.58. The number of pyridine rings is 1. The number of hydrogen-bond acceptors (Lipinski definition) is 5. The van der Waals surface area contributed by atoms with Crippen LogP contribution in [-0.2, 0) is 30.9 Å². The summed E-state index contributed by atoms with van der Waals surface area (Å²) in [4.78, 5) is 0. The molecule has 0 radical (unpaired) electrons. The molecule has 1 aliphatic rings. The van der Waals surface area contributed by atoms with Crippen LogP contribution in [-0.4, -0.2) is 36.6 Å². The summed E-state index contributed by atoms with van der Waals surface area (Å²) < 4.78 is 23.3. The van der Waals surface area contributed by atoms with Gasteiger partial charge in [-0.05, 0) is 19.8 Å². The number of nitrogens with two attached hydrogens (primary N) is 1. The number of aromatic hydroxyl groups is 1. The van der Waals surface area contributed by atoms with E-state index in [1.807, 2.05) is 22.9 Å². The second-order valence-corrected chi connectivity index (χ2v) is 9.08. The van der Waals surface area contributed by atoms with Gasteiger partial charge in [0.1, 0.15) is 5.75 Å². The van der Waals surface area contributed by atoms with E-state index in [1.165, 1.54) is 0 Å². The average molecular weight is 491 g/mol. The van der Waals surface area contributed by atoms with Gasteiger partial charge in [0.05, 0.1) is 38.4 Å². The van der Waals surface area contributed by atoms with Gasteiger partial charge in [0.25, 0.3) is 5.82 Å². The van der Waals surface area contributed by atoms with Gasteiger partial charge in [-0.3, -0.25) is 0 Å². The minimum Gasteiger partial charge on any atom is -0.503 e. The third-order valence-corrected chi connectivity index (χ3v) is 6.74. The van der Waals surface area contributed by atoms with E-state index in [1.54, 1.807) is 19.4 Å². The SMILES string of the molecule is CC[n+]1c(CN)n(CC2CCOCC2)c2cc(OCCC[n+]3cc(O)cc(OC)c3)c(Cl)cc21. The molecule has 0 bridgehead atoms. The highest BCUT2D eigenvalue weighted by Gasteiger charge is 2.28. The fourth-order valence-corrected chi connectivity index (χ4v) is 4.94. The van der Waals surface area contributed by atoms with Gasteiger partial charge in [0.15, 0.2) is 29.1 Å². The summed E-state index contributed by atoms with van der Waals surface area (Å²) in [5.74, 6) is 3.12. The Morgan fingerprint density at radius 3 is 2.74 bits per heavy atom. The van der Waals surface area contributed by atoms with Crippen LogP contribution in [0.25, 0.3) is 11.0 Å². The first-order valence-electron chi connectivity index (χ1n) is 12.0. The van der Waals surface area contributed by atoms with Crippen LogP contribution in [0.5, 0.6) is 17.2 Å². The lowest BCUT2D eigenvalue weighted by Crippen LogP contribution is -2.38. The molecule has 1 aliphatic heterocycles.